The lowest BCUT2D eigenvalue weighted by Gasteiger charge is -2.37. The molecule has 0 aromatic rings. The normalized spacial score (nSPS) is 23.0. The predicted octanol–water partition coefficient (Wildman–Crippen LogP) is 1.56. The molecule has 82 valence electrons. The highest BCUT2D eigenvalue weighted by molar-refractivity contribution is 5.84. The average molecular weight is 198 g/mol. The summed E-state index contributed by atoms with van der Waals surface area (Å²) in [5, 5.41) is 3.41. The van der Waals surface area contributed by atoms with Gasteiger partial charge in [0.25, 0.3) is 0 Å². The Morgan fingerprint density at radius 1 is 1.43 bits per heavy atom. The molecule has 0 aliphatic heterocycles. The van der Waals surface area contributed by atoms with E-state index in [0.29, 0.717) is 6.04 Å². The van der Waals surface area contributed by atoms with E-state index in [1.807, 2.05) is 0 Å². The van der Waals surface area contributed by atoms with Crippen LogP contribution in [-0.4, -0.2) is 17.5 Å². The second-order valence-corrected chi connectivity index (χ2v) is 4.46. The van der Waals surface area contributed by atoms with Crippen LogP contribution < -0.4 is 11.1 Å². The second kappa shape index (κ2) is 4.78. The van der Waals surface area contributed by atoms with Crippen LogP contribution in [0.1, 0.15) is 52.4 Å². The number of nitrogens with two attached hydrogens (primary N) is 1. The van der Waals surface area contributed by atoms with Crippen LogP contribution in [0, 0.1) is 0 Å². The summed E-state index contributed by atoms with van der Waals surface area (Å²) in [6.07, 6.45) is 6.32. The van der Waals surface area contributed by atoms with Gasteiger partial charge in [-0.1, -0.05) is 26.2 Å². The molecule has 0 bridgehead atoms. The van der Waals surface area contributed by atoms with E-state index in [9.17, 15) is 4.79 Å². The maximum atomic E-state index is 11.5. The lowest BCUT2D eigenvalue weighted by molar-refractivity contribution is -0.126. The van der Waals surface area contributed by atoms with E-state index in [1.165, 1.54) is 6.42 Å². The quantitative estimate of drug-likeness (QED) is 0.720. The zero-order valence-corrected chi connectivity index (χ0v) is 9.31. The van der Waals surface area contributed by atoms with Crippen molar-refractivity contribution < 1.29 is 4.79 Å². The van der Waals surface area contributed by atoms with Crippen LogP contribution in [0.2, 0.25) is 0 Å². The predicted molar refractivity (Wildman–Crippen MR) is 57.9 cm³/mol. The van der Waals surface area contributed by atoms with Gasteiger partial charge in [-0.2, -0.15) is 0 Å². The van der Waals surface area contributed by atoms with Crippen LogP contribution in [0.4, 0.5) is 0 Å². The van der Waals surface area contributed by atoms with E-state index in [4.69, 9.17) is 5.73 Å². The molecular weight excluding hydrogens is 176 g/mol. The third kappa shape index (κ3) is 2.47. The van der Waals surface area contributed by atoms with E-state index in [-0.39, 0.29) is 5.91 Å². The first-order chi connectivity index (χ1) is 6.60. The number of nitrogens with one attached hydrogen (secondary N) is 1. The van der Waals surface area contributed by atoms with Gasteiger partial charge in [0.05, 0.1) is 5.54 Å². The third-order valence-corrected chi connectivity index (χ3v) is 3.31. The second-order valence-electron chi connectivity index (χ2n) is 4.46. The van der Waals surface area contributed by atoms with Crippen molar-refractivity contribution in [3.63, 3.8) is 0 Å². The summed E-state index contributed by atoms with van der Waals surface area (Å²) < 4.78 is 0. The van der Waals surface area contributed by atoms with Gasteiger partial charge in [-0.25, -0.2) is 0 Å². The Morgan fingerprint density at radius 3 is 2.43 bits per heavy atom. The summed E-state index contributed by atoms with van der Waals surface area (Å²) >= 11 is 0. The summed E-state index contributed by atoms with van der Waals surface area (Å²) in [7, 11) is 0. The Labute approximate surface area is 86.4 Å². The molecule has 1 unspecified atom stereocenters. The van der Waals surface area contributed by atoms with Crippen molar-refractivity contribution in [1.82, 2.24) is 5.32 Å². The van der Waals surface area contributed by atoms with Gasteiger partial charge in [-0.15, -0.1) is 0 Å². The first-order valence-corrected chi connectivity index (χ1v) is 5.68. The average Bonchev–Trinajstić information content (AvgIpc) is 2.19. The monoisotopic (exact) mass is 198 g/mol. The van der Waals surface area contributed by atoms with Gasteiger partial charge < -0.3 is 11.1 Å². The molecule has 1 aliphatic carbocycles. The third-order valence-electron chi connectivity index (χ3n) is 3.31. The molecule has 0 aromatic carbocycles. The highest BCUT2D eigenvalue weighted by Crippen LogP contribution is 2.28. The fourth-order valence-electron chi connectivity index (χ4n) is 2.19. The first-order valence-electron chi connectivity index (χ1n) is 5.68. The summed E-state index contributed by atoms with van der Waals surface area (Å²) in [5.41, 5.74) is 5.09. The molecule has 0 heterocycles. The number of carbonyl (C=O) groups is 1. The summed E-state index contributed by atoms with van der Waals surface area (Å²) in [4.78, 5) is 11.5. The maximum absolute atomic E-state index is 11.5. The fourth-order valence-corrected chi connectivity index (χ4v) is 2.19. The van der Waals surface area contributed by atoms with Gasteiger partial charge in [0.1, 0.15) is 0 Å². The fraction of sp³-hybridized carbons (Fsp3) is 0.909. The highest BCUT2D eigenvalue weighted by Gasteiger charge is 2.38. The molecule has 1 amide bonds. The summed E-state index contributed by atoms with van der Waals surface area (Å²) in [6, 6.07) is 0.376. The van der Waals surface area contributed by atoms with E-state index in [2.05, 4.69) is 19.2 Å². The molecule has 0 radical (unpaired) electrons. The molecule has 3 heteroatoms. The van der Waals surface area contributed by atoms with Crippen LogP contribution >= 0.6 is 0 Å². The molecule has 0 spiro atoms. The van der Waals surface area contributed by atoms with Crippen molar-refractivity contribution >= 4 is 5.91 Å². The van der Waals surface area contributed by atoms with Crippen LogP contribution in [0.3, 0.4) is 0 Å². The molecule has 1 rings (SSSR count). The molecule has 14 heavy (non-hydrogen) atoms. The van der Waals surface area contributed by atoms with Crippen LogP contribution in [0.5, 0.6) is 0 Å². The van der Waals surface area contributed by atoms with Crippen LogP contribution in [0.25, 0.3) is 0 Å². The summed E-state index contributed by atoms with van der Waals surface area (Å²) in [6.45, 7) is 4.23. The molecule has 3 nitrogen and oxygen atoms in total. The lowest BCUT2D eigenvalue weighted by Crippen LogP contribution is -2.58. The Kier molecular flexibility index (Phi) is 3.93. The molecule has 1 saturated carbocycles. The van der Waals surface area contributed by atoms with E-state index < -0.39 is 5.54 Å². The molecule has 1 aliphatic rings. The molecule has 0 saturated heterocycles. The first kappa shape index (κ1) is 11.5. The number of rotatable bonds is 4. The smallest absolute Gasteiger partial charge is 0.237 e. The number of amides is 1. The van der Waals surface area contributed by atoms with Crippen molar-refractivity contribution in [2.75, 3.05) is 0 Å². The topological polar surface area (TPSA) is 55.1 Å². The van der Waals surface area contributed by atoms with Crippen molar-refractivity contribution in [3.8, 4) is 0 Å². The van der Waals surface area contributed by atoms with Crippen molar-refractivity contribution in [3.05, 3.63) is 0 Å². The SMILES string of the molecule is CCC(C)NC1(C(N)=O)CCCCC1. The lowest BCUT2D eigenvalue weighted by atomic mass is 9.80. The maximum Gasteiger partial charge on any atom is 0.237 e. The zero-order chi connectivity index (χ0) is 10.6. The molecular formula is C11H22N2O. The van der Waals surface area contributed by atoms with Crippen LogP contribution in [-0.2, 0) is 4.79 Å². The Bertz CT molecular complexity index is 197. The van der Waals surface area contributed by atoms with Crippen molar-refractivity contribution in [2.24, 2.45) is 5.73 Å². The van der Waals surface area contributed by atoms with Crippen LogP contribution in [0.15, 0.2) is 0 Å². The molecule has 1 atom stereocenters. The van der Waals surface area contributed by atoms with E-state index in [1.54, 1.807) is 0 Å². The van der Waals surface area contributed by atoms with Gasteiger partial charge in [0.2, 0.25) is 5.91 Å². The van der Waals surface area contributed by atoms with E-state index in [0.717, 1.165) is 32.1 Å². The Balaban J connectivity index is 2.65. The minimum absolute atomic E-state index is 0.169. The van der Waals surface area contributed by atoms with Gasteiger partial charge in [0, 0.05) is 6.04 Å². The van der Waals surface area contributed by atoms with Gasteiger partial charge >= 0.3 is 0 Å². The minimum atomic E-state index is -0.409. The zero-order valence-electron chi connectivity index (χ0n) is 9.31. The number of hydrogen-bond acceptors (Lipinski definition) is 2. The largest absolute Gasteiger partial charge is 0.368 e. The minimum Gasteiger partial charge on any atom is -0.368 e. The number of carbonyl (C=O) groups excluding carboxylic acids is 1. The molecule has 0 aromatic heterocycles. The van der Waals surface area contributed by atoms with Gasteiger partial charge in [-0.05, 0) is 26.2 Å². The van der Waals surface area contributed by atoms with Gasteiger partial charge in [-0.3, -0.25) is 4.79 Å². The van der Waals surface area contributed by atoms with E-state index >= 15 is 0 Å². The van der Waals surface area contributed by atoms with Crippen molar-refractivity contribution in [1.29, 1.82) is 0 Å². The Hall–Kier alpha value is -0.570. The molecule has 1 fully saturated rings. The molecule has 3 N–H and O–H groups in total. The standard InChI is InChI=1S/C11H22N2O/c1-3-9(2)13-11(10(12)14)7-5-4-6-8-11/h9,13H,3-8H2,1-2H3,(H2,12,14). The van der Waals surface area contributed by atoms with Crippen molar-refractivity contribution in [2.45, 2.75) is 64.0 Å². The Morgan fingerprint density at radius 2 is 2.00 bits per heavy atom. The highest BCUT2D eigenvalue weighted by atomic mass is 16.1. The number of primary amides is 1. The van der Waals surface area contributed by atoms with Gasteiger partial charge in [0.15, 0.2) is 0 Å². The summed E-state index contributed by atoms with van der Waals surface area (Å²) in [5.74, 6) is -0.169. The number of hydrogen-bond donors (Lipinski definition) is 2.